The third-order valence-corrected chi connectivity index (χ3v) is 8.81. The molecule has 8 aromatic rings. The highest BCUT2D eigenvalue weighted by molar-refractivity contribution is 6.14. The lowest BCUT2D eigenvalue weighted by molar-refractivity contribution is 1.18. The predicted molar refractivity (Wildman–Crippen MR) is 186 cm³/mol. The Balaban J connectivity index is 1.30. The number of aryl methyl sites for hydroxylation is 1. The number of benzene rings is 7. The minimum Gasteiger partial charge on any atom is -0.309 e. The van der Waals surface area contributed by atoms with Gasteiger partial charge in [-0.25, -0.2) is 0 Å². The summed E-state index contributed by atoms with van der Waals surface area (Å²) in [5.41, 5.74) is 9.64. The van der Waals surface area contributed by atoms with Crippen molar-refractivity contribution in [2.75, 3.05) is 0 Å². The van der Waals surface area contributed by atoms with Crippen molar-refractivity contribution in [3.8, 4) is 22.9 Å². The number of allylic oxidation sites excluding steroid dienone is 1. The summed E-state index contributed by atoms with van der Waals surface area (Å²) in [4.78, 5) is 0. The van der Waals surface area contributed by atoms with E-state index in [9.17, 15) is 5.26 Å². The Morgan fingerprint density at radius 1 is 0.659 bits per heavy atom. The van der Waals surface area contributed by atoms with E-state index in [0.717, 1.165) is 38.6 Å². The van der Waals surface area contributed by atoms with E-state index >= 15 is 0 Å². The first-order chi connectivity index (χ1) is 21.6. The lowest BCUT2D eigenvalue weighted by Gasteiger charge is -2.13. The van der Waals surface area contributed by atoms with Crippen molar-refractivity contribution in [2.24, 2.45) is 0 Å². The molecule has 0 saturated carbocycles. The van der Waals surface area contributed by atoms with Crippen LogP contribution in [0.1, 0.15) is 16.7 Å². The molecule has 2 heteroatoms. The van der Waals surface area contributed by atoms with Gasteiger partial charge in [0.1, 0.15) is 0 Å². The first kappa shape index (κ1) is 25.8. The van der Waals surface area contributed by atoms with Gasteiger partial charge in [0.05, 0.1) is 22.7 Å². The van der Waals surface area contributed by atoms with Crippen molar-refractivity contribution in [1.82, 2.24) is 4.57 Å². The van der Waals surface area contributed by atoms with Gasteiger partial charge in [-0.2, -0.15) is 5.26 Å². The molecule has 0 saturated heterocycles. The Labute approximate surface area is 256 Å². The van der Waals surface area contributed by atoms with Crippen molar-refractivity contribution < 1.29 is 0 Å². The Hall–Kier alpha value is -5.91. The van der Waals surface area contributed by atoms with Gasteiger partial charge in [0.15, 0.2) is 0 Å². The van der Waals surface area contributed by atoms with E-state index in [1.807, 2.05) is 24.3 Å². The Morgan fingerprint density at radius 3 is 2.14 bits per heavy atom. The molecule has 0 bridgehead atoms. The molecule has 8 rings (SSSR count). The van der Waals surface area contributed by atoms with Crippen LogP contribution >= 0.6 is 0 Å². The van der Waals surface area contributed by atoms with Gasteiger partial charge in [-0.3, -0.25) is 0 Å². The predicted octanol–water partition coefficient (Wildman–Crippen LogP) is 10.1. The van der Waals surface area contributed by atoms with Gasteiger partial charge in [0.25, 0.3) is 0 Å². The summed E-state index contributed by atoms with van der Waals surface area (Å²) in [6.45, 7) is 6.74. The van der Waals surface area contributed by atoms with E-state index in [1.54, 1.807) is 0 Å². The standard InChI is InChI=1S/C42H28N2/c1-27-13-15-33-23-35(30-9-5-3-6-10-30)24-34-17-16-32(41(27)42(33)34)21-28(2)31-18-19-37-38-22-29(26-43)14-20-39(38)44(40(37)25-31)36-11-7-4-8-12-36/h3-25H,2H2,1H3/b32-21-. The first-order valence-corrected chi connectivity index (χ1v) is 14.8. The highest BCUT2D eigenvalue weighted by atomic mass is 15.0. The molecule has 0 radical (unpaired) electrons. The van der Waals surface area contributed by atoms with Crippen LogP contribution in [-0.2, 0) is 0 Å². The summed E-state index contributed by atoms with van der Waals surface area (Å²) in [6.07, 6.45) is 2.22. The molecule has 0 atom stereocenters. The van der Waals surface area contributed by atoms with Crippen molar-refractivity contribution in [2.45, 2.75) is 6.92 Å². The van der Waals surface area contributed by atoms with E-state index in [2.05, 4.69) is 139 Å². The molecule has 0 spiro atoms. The maximum Gasteiger partial charge on any atom is 0.0991 e. The summed E-state index contributed by atoms with van der Waals surface area (Å²) >= 11 is 0. The maximum absolute atomic E-state index is 9.59. The molecule has 0 aliphatic carbocycles. The molecule has 44 heavy (non-hydrogen) atoms. The zero-order chi connectivity index (χ0) is 29.8. The van der Waals surface area contributed by atoms with Crippen LogP contribution in [0.5, 0.6) is 0 Å². The summed E-state index contributed by atoms with van der Waals surface area (Å²) in [5.74, 6) is 0. The number of para-hydroxylation sites is 1. The van der Waals surface area contributed by atoms with E-state index in [0.29, 0.717) is 5.56 Å². The molecule has 0 unspecified atom stereocenters. The van der Waals surface area contributed by atoms with Crippen LogP contribution in [0, 0.1) is 18.3 Å². The number of rotatable bonds is 4. The smallest absolute Gasteiger partial charge is 0.0991 e. The van der Waals surface area contributed by atoms with Crippen molar-refractivity contribution in [1.29, 1.82) is 5.26 Å². The zero-order valence-corrected chi connectivity index (χ0v) is 24.4. The quantitative estimate of drug-likeness (QED) is 0.210. The summed E-state index contributed by atoms with van der Waals surface area (Å²) < 4.78 is 2.28. The first-order valence-electron chi connectivity index (χ1n) is 14.8. The number of hydrogen-bond acceptors (Lipinski definition) is 1. The summed E-state index contributed by atoms with van der Waals surface area (Å²) in [7, 11) is 0. The minimum atomic E-state index is 0.660. The van der Waals surface area contributed by atoms with Gasteiger partial charge in [-0.15, -0.1) is 0 Å². The zero-order valence-electron chi connectivity index (χ0n) is 24.4. The molecule has 0 fully saturated rings. The second kappa shape index (κ2) is 10.1. The monoisotopic (exact) mass is 560 g/mol. The average Bonchev–Trinajstić information content (AvgIpc) is 3.40. The van der Waals surface area contributed by atoms with Gasteiger partial charge in [-0.05, 0) is 116 Å². The van der Waals surface area contributed by atoms with E-state index < -0.39 is 0 Å². The Kier molecular flexibility index (Phi) is 5.93. The Bertz CT molecular complexity index is 2490. The fraction of sp³-hybridized carbons (Fsp3) is 0.0238. The highest BCUT2D eigenvalue weighted by Gasteiger charge is 2.15. The van der Waals surface area contributed by atoms with E-state index in [4.69, 9.17) is 0 Å². The normalized spacial score (nSPS) is 12.0. The number of hydrogen-bond donors (Lipinski definition) is 0. The molecule has 0 aliphatic heterocycles. The summed E-state index contributed by atoms with van der Waals surface area (Å²) in [5, 5.41) is 18.0. The average molecular weight is 561 g/mol. The van der Waals surface area contributed by atoms with Crippen LogP contribution < -0.4 is 5.22 Å². The molecular weight excluding hydrogens is 532 g/mol. The fourth-order valence-electron chi connectivity index (χ4n) is 6.70. The fourth-order valence-corrected chi connectivity index (χ4v) is 6.70. The van der Waals surface area contributed by atoms with E-state index in [1.165, 1.54) is 43.5 Å². The second-order valence-corrected chi connectivity index (χ2v) is 11.5. The number of nitriles is 1. The number of fused-ring (bicyclic) bond motifs is 3. The third-order valence-electron chi connectivity index (χ3n) is 8.81. The van der Waals surface area contributed by atoms with Crippen LogP contribution in [0.15, 0.2) is 140 Å². The molecule has 2 nitrogen and oxygen atoms in total. The van der Waals surface area contributed by atoms with Gasteiger partial charge < -0.3 is 4.57 Å². The van der Waals surface area contributed by atoms with Crippen LogP contribution in [0.4, 0.5) is 0 Å². The van der Waals surface area contributed by atoms with Crippen molar-refractivity contribution >= 4 is 55.0 Å². The molecule has 7 aromatic carbocycles. The molecule has 0 aliphatic rings. The summed E-state index contributed by atoms with van der Waals surface area (Å²) in [6, 6.07) is 49.3. The van der Waals surface area contributed by atoms with Crippen LogP contribution in [0.2, 0.25) is 0 Å². The van der Waals surface area contributed by atoms with Crippen LogP contribution in [0.25, 0.3) is 71.8 Å². The lowest BCUT2D eigenvalue weighted by atomic mass is 9.91. The SMILES string of the molecule is C=C(/C=c1/ccc2cc(-c3ccccc3)cc3ccc(C)c1c32)c1ccc2c3cc(C#N)ccc3n(-c3ccccc3)c2c1. The third kappa shape index (κ3) is 4.10. The molecule has 1 aromatic heterocycles. The van der Waals surface area contributed by atoms with Gasteiger partial charge in [-0.1, -0.05) is 91.5 Å². The molecule has 0 amide bonds. The largest absolute Gasteiger partial charge is 0.309 e. The molecular formula is C42H28N2. The number of aromatic nitrogens is 1. The van der Waals surface area contributed by atoms with Gasteiger partial charge >= 0.3 is 0 Å². The van der Waals surface area contributed by atoms with Crippen LogP contribution in [0.3, 0.4) is 0 Å². The van der Waals surface area contributed by atoms with Crippen molar-refractivity contribution in [3.05, 3.63) is 162 Å². The lowest BCUT2D eigenvalue weighted by Crippen LogP contribution is -2.05. The molecule has 206 valence electrons. The van der Waals surface area contributed by atoms with Crippen LogP contribution in [-0.4, -0.2) is 4.57 Å². The second-order valence-electron chi connectivity index (χ2n) is 11.5. The van der Waals surface area contributed by atoms with Gasteiger partial charge in [0.2, 0.25) is 0 Å². The highest BCUT2D eigenvalue weighted by Crippen LogP contribution is 2.35. The van der Waals surface area contributed by atoms with Gasteiger partial charge in [0, 0.05) is 16.5 Å². The molecule has 1 heterocycles. The number of nitrogens with zero attached hydrogens (tertiary/aromatic N) is 2. The van der Waals surface area contributed by atoms with E-state index in [-0.39, 0.29) is 0 Å². The topological polar surface area (TPSA) is 28.7 Å². The molecule has 0 N–H and O–H groups in total. The minimum absolute atomic E-state index is 0.660. The van der Waals surface area contributed by atoms with Crippen molar-refractivity contribution in [3.63, 3.8) is 0 Å². The Morgan fingerprint density at radius 2 is 1.39 bits per heavy atom. The maximum atomic E-state index is 9.59.